The molecule has 1 fully saturated rings. The first-order chi connectivity index (χ1) is 6.69. The van der Waals surface area contributed by atoms with Gasteiger partial charge in [0.25, 0.3) is 0 Å². The van der Waals surface area contributed by atoms with Gasteiger partial charge in [-0.15, -0.1) is 0 Å². The normalized spacial score (nSPS) is 29.6. The number of rotatable bonds is 3. The number of aliphatic hydroxyl groups is 1. The van der Waals surface area contributed by atoms with Gasteiger partial charge >= 0.3 is 5.97 Å². The molecule has 0 aliphatic heterocycles. The van der Waals surface area contributed by atoms with E-state index in [0.29, 0.717) is 11.8 Å². The van der Waals surface area contributed by atoms with Crippen molar-refractivity contribution < 1.29 is 14.6 Å². The molecule has 3 heteroatoms. The molecule has 0 saturated heterocycles. The monoisotopic (exact) mass is 200 g/mol. The molecule has 0 aromatic heterocycles. The van der Waals surface area contributed by atoms with Crippen molar-refractivity contribution in [3.63, 3.8) is 0 Å². The molecule has 0 heterocycles. The maximum atomic E-state index is 11.3. The lowest BCUT2D eigenvalue weighted by Crippen LogP contribution is -2.28. The molecular formula is C11H20O3. The molecule has 1 N–H and O–H groups in total. The third kappa shape index (κ3) is 2.71. The van der Waals surface area contributed by atoms with Crippen LogP contribution in [0.15, 0.2) is 0 Å². The van der Waals surface area contributed by atoms with Gasteiger partial charge in [0.15, 0.2) is 0 Å². The first-order valence-electron chi connectivity index (χ1n) is 5.37. The summed E-state index contributed by atoms with van der Waals surface area (Å²) < 4.78 is 4.73. The number of ether oxygens (including phenoxy) is 1. The number of esters is 1. The summed E-state index contributed by atoms with van der Waals surface area (Å²) in [5, 5.41) is 9.07. The van der Waals surface area contributed by atoms with Crippen LogP contribution in [0.3, 0.4) is 0 Å². The van der Waals surface area contributed by atoms with Gasteiger partial charge in [0.05, 0.1) is 13.0 Å². The standard InChI is InChI=1S/C11H20O3/c1-8(11(13)14-2)10-5-3-4-9(6-10)7-12/h8-10,12H,3-7H2,1-2H3. The van der Waals surface area contributed by atoms with E-state index >= 15 is 0 Å². The van der Waals surface area contributed by atoms with E-state index < -0.39 is 0 Å². The molecule has 82 valence electrons. The Morgan fingerprint density at radius 1 is 1.57 bits per heavy atom. The summed E-state index contributed by atoms with van der Waals surface area (Å²) in [5.41, 5.74) is 0. The summed E-state index contributed by atoms with van der Waals surface area (Å²) in [5.74, 6) is 0.650. The van der Waals surface area contributed by atoms with Gasteiger partial charge < -0.3 is 9.84 Å². The minimum absolute atomic E-state index is 0.0191. The van der Waals surface area contributed by atoms with Crippen LogP contribution < -0.4 is 0 Å². The Balaban J connectivity index is 2.46. The van der Waals surface area contributed by atoms with E-state index in [0.717, 1.165) is 25.7 Å². The fourth-order valence-corrected chi connectivity index (χ4v) is 2.33. The van der Waals surface area contributed by atoms with Gasteiger partial charge in [0.1, 0.15) is 0 Å². The van der Waals surface area contributed by atoms with Crippen molar-refractivity contribution in [1.29, 1.82) is 0 Å². The van der Waals surface area contributed by atoms with Gasteiger partial charge in [-0.25, -0.2) is 0 Å². The van der Waals surface area contributed by atoms with E-state index in [-0.39, 0.29) is 18.5 Å². The Bertz CT molecular complexity index is 191. The summed E-state index contributed by atoms with van der Waals surface area (Å²) in [7, 11) is 1.44. The van der Waals surface area contributed by atoms with Crippen LogP contribution in [0.1, 0.15) is 32.6 Å². The van der Waals surface area contributed by atoms with Gasteiger partial charge in [-0.3, -0.25) is 4.79 Å². The molecule has 0 radical (unpaired) electrons. The zero-order chi connectivity index (χ0) is 10.6. The first kappa shape index (κ1) is 11.5. The van der Waals surface area contributed by atoms with Gasteiger partial charge in [-0.2, -0.15) is 0 Å². The van der Waals surface area contributed by atoms with Crippen LogP contribution in [0.2, 0.25) is 0 Å². The lowest BCUT2D eigenvalue weighted by Gasteiger charge is -2.30. The number of aliphatic hydroxyl groups excluding tert-OH is 1. The molecule has 0 bridgehead atoms. The molecule has 3 atom stereocenters. The Hall–Kier alpha value is -0.570. The van der Waals surface area contributed by atoms with Crippen LogP contribution in [0, 0.1) is 17.8 Å². The molecule has 0 spiro atoms. The van der Waals surface area contributed by atoms with Gasteiger partial charge in [0, 0.05) is 6.61 Å². The predicted molar refractivity (Wildman–Crippen MR) is 53.7 cm³/mol. The van der Waals surface area contributed by atoms with Gasteiger partial charge in [0.2, 0.25) is 0 Å². The summed E-state index contributed by atoms with van der Waals surface area (Å²) >= 11 is 0. The average molecular weight is 200 g/mol. The van der Waals surface area contributed by atoms with E-state index in [2.05, 4.69) is 0 Å². The van der Waals surface area contributed by atoms with Crippen molar-refractivity contribution in [2.75, 3.05) is 13.7 Å². The van der Waals surface area contributed by atoms with Crippen molar-refractivity contribution >= 4 is 5.97 Å². The quantitative estimate of drug-likeness (QED) is 0.704. The maximum absolute atomic E-state index is 11.3. The van der Waals surface area contributed by atoms with Crippen molar-refractivity contribution in [2.45, 2.75) is 32.6 Å². The molecule has 14 heavy (non-hydrogen) atoms. The van der Waals surface area contributed by atoms with Crippen molar-refractivity contribution in [3.05, 3.63) is 0 Å². The van der Waals surface area contributed by atoms with Crippen LogP contribution >= 0.6 is 0 Å². The van der Waals surface area contributed by atoms with Crippen molar-refractivity contribution in [2.24, 2.45) is 17.8 Å². The Labute approximate surface area is 85.5 Å². The van der Waals surface area contributed by atoms with Gasteiger partial charge in [-0.1, -0.05) is 13.3 Å². The van der Waals surface area contributed by atoms with Crippen LogP contribution in [0.25, 0.3) is 0 Å². The molecule has 1 aliphatic carbocycles. The first-order valence-corrected chi connectivity index (χ1v) is 5.37. The van der Waals surface area contributed by atoms with Crippen LogP contribution in [-0.2, 0) is 9.53 Å². The van der Waals surface area contributed by atoms with Gasteiger partial charge in [-0.05, 0) is 31.1 Å². The van der Waals surface area contributed by atoms with Crippen LogP contribution in [0.4, 0.5) is 0 Å². The second kappa shape index (κ2) is 5.35. The molecule has 0 amide bonds. The maximum Gasteiger partial charge on any atom is 0.308 e. The van der Waals surface area contributed by atoms with Crippen molar-refractivity contribution in [3.8, 4) is 0 Å². The Morgan fingerprint density at radius 3 is 2.86 bits per heavy atom. The number of carbonyl (C=O) groups is 1. The Kier molecular flexibility index (Phi) is 4.39. The lowest BCUT2D eigenvalue weighted by atomic mass is 9.76. The highest BCUT2D eigenvalue weighted by Gasteiger charge is 2.29. The van der Waals surface area contributed by atoms with E-state index in [1.165, 1.54) is 7.11 Å². The molecule has 1 aliphatic rings. The molecule has 3 nitrogen and oxygen atoms in total. The summed E-state index contributed by atoms with van der Waals surface area (Å²) in [4.78, 5) is 11.3. The molecular weight excluding hydrogens is 180 g/mol. The highest BCUT2D eigenvalue weighted by Crippen LogP contribution is 2.33. The van der Waals surface area contributed by atoms with Crippen LogP contribution in [0.5, 0.6) is 0 Å². The highest BCUT2D eigenvalue weighted by molar-refractivity contribution is 5.72. The molecule has 3 unspecified atom stereocenters. The fourth-order valence-electron chi connectivity index (χ4n) is 2.33. The highest BCUT2D eigenvalue weighted by atomic mass is 16.5. The smallest absolute Gasteiger partial charge is 0.308 e. The zero-order valence-corrected chi connectivity index (χ0v) is 9.03. The van der Waals surface area contributed by atoms with Crippen LogP contribution in [-0.4, -0.2) is 24.8 Å². The van der Waals surface area contributed by atoms with E-state index in [1.807, 2.05) is 6.92 Å². The molecule has 1 rings (SSSR count). The predicted octanol–water partition coefficient (Wildman–Crippen LogP) is 1.59. The summed E-state index contributed by atoms with van der Waals surface area (Å²) in [6, 6.07) is 0. The Morgan fingerprint density at radius 2 is 2.29 bits per heavy atom. The number of methoxy groups -OCH3 is 1. The van der Waals surface area contributed by atoms with E-state index in [9.17, 15) is 4.79 Å². The third-order valence-corrected chi connectivity index (χ3v) is 3.36. The number of hydrogen-bond acceptors (Lipinski definition) is 3. The fraction of sp³-hybridized carbons (Fsp3) is 0.909. The average Bonchev–Trinajstić information content (AvgIpc) is 2.27. The second-order valence-electron chi connectivity index (χ2n) is 4.29. The molecule has 1 saturated carbocycles. The minimum Gasteiger partial charge on any atom is -0.469 e. The summed E-state index contributed by atoms with van der Waals surface area (Å²) in [6.07, 6.45) is 4.28. The topological polar surface area (TPSA) is 46.5 Å². The SMILES string of the molecule is COC(=O)C(C)C1CCCC(CO)C1. The van der Waals surface area contributed by atoms with Crippen molar-refractivity contribution in [1.82, 2.24) is 0 Å². The lowest BCUT2D eigenvalue weighted by molar-refractivity contribution is -0.147. The zero-order valence-electron chi connectivity index (χ0n) is 9.03. The molecule has 0 aromatic rings. The largest absolute Gasteiger partial charge is 0.469 e. The second-order valence-corrected chi connectivity index (χ2v) is 4.29. The van der Waals surface area contributed by atoms with E-state index in [1.54, 1.807) is 0 Å². The van der Waals surface area contributed by atoms with E-state index in [4.69, 9.17) is 9.84 Å². The third-order valence-electron chi connectivity index (χ3n) is 3.36. The number of carbonyl (C=O) groups excluding carboxylic acids is 1. The molecule has 0 aromatic carbocycles. The summed E-state index contributed by atoms with van der Waals surface area (Å²) in [6.45, 7) is 2.18. The number of hydrogen-bond donors (Lipinski definition) is 1. The minimum atomic E-state index is -0.117.